The van der Waals surface area contributed by atoms with Crippen LogP contribution < -0.4 is 5.73 Å². The van der Waals surface area contributed by atoms with Gasteiger partial charge >= 0.3 is 5.97 Å². The van der Waals surface area contributed by atoms with E-state index in [0.29, 0.717) is 22.2 Å². The zero-order valence-electron chi connectivity index (χ0n) is 13.2. The minimum absolute atomic E-state index is 0.145. The molecule has 0 spiro atoms. The van der Waals surface area contributed by atoms with Gasteiger partial charge in [0.1, 0.15) is 0 Å². The van der Waals surface area contributed by atoms with E-state index >= 15 is 0 Å². The van der Waals surface area contributed by atoms with Crippen molar-refractivity contribution in [2.45, 2.75) is 11.3 Å². The van der Waals surface area contributed by atoms with E-state index < -0.39 is 5.97 Å². The number of nitrogens with zero attached hydrogens (tertiary/aromatic N) is 6. The lowest BCUT2D eigenvalue weighted by Crippen LogP contribution is -2.04. The van der Waals surface area contributed by atoms with Gasteiger partial charge in [-0.15, -0.1) is 20.4 Å². The van der Waals surface area contributed by atoms with Crippen LogP contribution in [0.15, 0.2) is 38.8 Å². The average Bonchev–Trinajstić information content (AvgIpc) is 3.18. The second-order valence-electron chi connectivity index (χ2n) is 4.84. The van der Waals surface area contributed by atoms with Crippen LogP contribution in [0.3, 0.4) is 0 Å². The van der Waals surface area contributed by atoms with E-state index in [1.165, 1.54) is 39.9 Å². The molecule has 0 aliphatic rings. The molecule has 0 saturated carbocycles. The molecule has 128 valence electrons. The van der Waals surface area contributed by atoms with Crippen molar-refractivity contribution in [3.63, 3.8) is 0 Å². The third-order valence-corrected chi connectivity index (χ3v) is 4.99. The maximum atomic E-state index is 11.1. The van der Waals surface area contributed by atoms with Gasteiger partial charge in [-0.2, -0.15) is 5.10 Å². The van der Waals surface area contributed by atoms with Crippen molar-refractivity contribution >= 4 is 45.7 Å². The number of aromatic carboxylic acids is 1. The summed E-state index contributed by atoms with van der Waals surface area (Å²) in [5.41, 5.74) is 7.77. The highest BCUT2D eigenvalue weighted by Crippen LogP contribution is 2.32. The van der Waals surface area contributed by atoms with Crippen LogP contribution in [0.25, 0.3) is 5.69 Å². The molecule has 0 unspecified atom stereocenters. The van der Waals surface area contributed by atoms with Crippen LogP contribution in [0.4, 0.5) is 16.6 Å². The number of benzene rings is 1. The fourth-order valence-corrected chi connectivity index (χ4v) is 3.13. The standard InChI is InChI=1S/C14H13N7O2S2/c1-7-10(16-17-13-18-19-14(24-2)25-13)11(15)21(20-7)9-5-3-4-8(6-9)12(22)23/h3-6H,15H2,1-2H3,(H,22,23). The molecule has 0 fully saturated rings. The number of hydrogen-bond acceptors (Lipinski definition) is 9. The van der Waals surface area contributed by atoms with Gasteiger partial charge in [-0.1, -0.05) is 29.2 Å². The number of anilines is 1. The smallest absolute Gasteiger partial charge is 0.335 e. The van der Waals surface area contributed by atoms with Crippen molar-refractivity contribution in [1.82, 2.24) is 20.0 Å². The molecule has 0 aliphatic carbocycles. The van der Waals surface area contributed by atoms with Gasteiger partial charge in [0.2, 0.25) is 0 Å². The van der Waals surface area contributed by atoms with Crippen LogP contribution in [-0.2, 0) is 0 Å². The number of carboxylic acid groups (broad SMARTS) is 1. The quantitative estimate of drug-likeness (QED) is 0.515. The first-order chi connectivity index (χ1) is 12.0. The van der Waals surface area contributed by atoms with Crippen LogP contribution in [0.2, 0.25) is 0 Å². The molecule has 11 heteroatoms. The molecule has 0 saturated heterocycles. The summed E-state index contributed by atoms with van der Waals surface area (Å²) in [6.07, 6.45) is 1.90. The summed E-state index contributed by atoms with van der Waals surface area (Å²) in [5.74, 6) is -0.761. The highest BCUT2D eigenvalue weighted by atomic mass is 32.2. The van der Waals surface area contributed by atoms with Crippen LogP contribution in [0.1, 0.15) is 16.1 Å². The molecule has 2 heterocycles. The Hall–Kier alpha value is -2.79. The number of carboxylic acids is 1. The van der Waals surface area contributed by atoms with Crippen LogP contribution >= 0.6 is 23.1 Å². The Morgan fingerprint density at radius 2 is 2.16 bits per heavy atom. The third-order valence-electron chi connectivity index (χ3n) is 3.21. The first-order valence-corrected chi connectivity index (χ1v) is 9.01. The fourth-order valence-electron chi connectivity index (χ4n) is 2.05. The van der Waals surface area contributed by atoms with Crippen molar-refractivity contribution in [3.05, 3.63) is 35.5 Å². The van der Waals surface area contributed by atoms with E-state index in [9.17, 15) is 4.79 Å². The van der Waals surface area contributed by atoms with E-state index in [2.05, 4.69) is 25.5 Å². The summed E-state index contributed by atoms with van der Waals surface area (Å²) in [4.78, 5) is 11.1. The average molecular weight is 375 g/mol. The van der Waals surface area contributed by atoms with E-state index in [0.717, 1.165) is 4.34 Å². The maximum absolute atomic E-state index is 11.1. The Labute approximate surface area is 150 Å². The summed E-state index contributed by atoms with van der Waals surface area (Å²) in [7, 11) is 0. The topological polar surface area (TPSA) is 132 Å². The zero-order valence-corrected chi connectivity index (χ0v) is 14.9. The van der Waals surface area contributed by atoms with E-state index in [1.807, 2.05) is 6.26 Å². The van der Waals surface area contributed by atoms with Gasteiger partial charge in [0.15, 0.2) is 15.8 Å². The molecule has 2 aromatic heterocycles. The SMILES string of the molecule is CSc1nnc(N=Nc2c(C)nn(-c3cccc(C(=O)O)c3)c2N)s1. The molecule has 3 aromatic rings. The molecular formula is C14H13N7O2S2. The van der Waals surface area contributed by atoms with Crippen LogP contribution in [-0.4, -0.2) is 37.3 Å². The number of carbonyl (C=O) groups is 1. The third kappa shape index (κ3) is 3.51. The van der Waals surface area contributed by atoms with Crippen molar-refractivity contribution in [2.24, 2.45) is 10.2 Å². The number of hydrogen-bond donors (Lipinski definition) is 2. The maximum Gasteiger partial charge on any atom is 0.335 e. The summed E-state index contributed by atoms with van der Waals surface area (Å²) < 4.78 is 2.23. The Bertz CT molecular complexity index is 964. The number of aromatic nitrogens is 4. The number of nitrogens with two attached hydrogens (primary N) is 1. The highest BCUT2D eigenvalue weighted by molar-refractivity contribution is 8.00. The number of aryl methyl sites for hydroxylation is 1. The molecule has 0 amide bonds. The molecule has 3 rings (SSSR count). The Morgan fingerprint density at radius 1 is 1.36 bits per heavy atom. The molecule has 0 radical (unpaired) electrons. The lowest BCUT2D eigenvalue weighted by molar-refractivity contribution is 0.0697. The summed E-state index contributed by atoms with van der Waals surface area (Å²) in [5, 5.41) is 29.9. The minimum Gasteiger partial charge on any atom is -0.478 e. The minimum atomic E-state index is -1.02. The van der Waals surface area contributed by atoms with E-state index in [-0.39, 0.29) is 11.4 Å². The van der Waals surface area contributed by atoms with Crippen LogP contribution in [0.5, 0.6) is 0 Å². The van der Waals surface area contributed by atoms with E-state index in [4.69, 9.17) is 10.8 Å². The van der Waals surface area contributed by atoms with E-state index in [1.54, 1.807) is 19.1 Å². The van der Waals surface area contributed by atoms with Gasteiger partial charge in [-0.25, -0.2) is 9.48 Å². The Morgan fingerprint density at radius 3 is 2.84 bits per heavy atom. The normalized spacial score (nSPS) is 11.3. The predicted octanol–water partition coefficient (Wildman–Crippen LogP) is 3.45. The van der Waals surface area contributed by atoms with Gasteiger partial charge in [0.05, 0.1) is 16.9 Å². The van der Waals surface area contributed by atoms with Gasteiger partial charge in [-0.05, 0) is 31.4 Å². The first-order valence-electron chi connectivity index (χ1n) is 6.97. The number of thioether (sulfide) groups is 1. The van der Waals surface area contributed by atoms with Crippen molar-refractivity contribution in [3.8, 4) is 5.69 Å². The Kier molecular flexibility index (Phi) is 4.76. The zero-order chi connectivity index (χ0) is 18.0. The lowest BCUT2D eigenvalue weighted by atomic mass is 10.2. The van der Waals surface area contributed by atoms with Gasteiger partial charge in [-0.3, -0.25) is 0 Å². The number of nitrogen functional groups attached to an aromatic ring is 1. The monoisotopic (exact) mass is 375 g/mol. The second kappa shape index (κ2) is 6.99. The summed E-state index contributed by atoms with van der Waals surface area (Å²) in [6, 6.07) is 6.33. The molecule has 0 bridgehead atoms. The van der Waals surface area contributed by atoms with Crippen LogP contribution in [0, 0.1) is 6.92 Å². The molecule has 0 atom stereocenters. The molecular weight excluding hydrogens is 362 g/mol. The van der Waals surface area contributed by atoms with Crippen molar-refractivity contribution in [2.75, 3.05) is 12.0 Å². The van der Waals surface area contributed by atoms with Crippen molar-refractivity contribution < 1.29 is 9.90 Å². The predicted molar refractivity (Wildman–Crippen MR) is 95.5 cm³/mol. The molecule has 25 heavy (non-hydrogen) atoms. The summed E-state index contributed by atoms with van der Waals surface area (Å²) >= 11 is 2.80. The first kappa shape index (κ1) is 17.0. The van der Waals surface area contributed by atoms with Crippen molar-refractivity contribution in [1.29, 1.82) is 0 Å². The molecule has 3 N–H and O–H groups in total. The largest absolute Gasteiger partial charge is 0.478 e. The fraction of sp³-hybridized carbons (Fsp3) is 0.143. The number of rotatable bonds is 5. The second-order valence-corrected chi connectivity index (χ2v) is 6.85. The molecule has 1 aromatic carbocycles. The van der Waals surface area contributed by atoms with Gasteiger partial charge in [0, 0.05) is 0 Å². The Balaban J connectivity index is 1.95. The van der Waals surface area contributed by atoms with Gasteiger partial charge in [0.25, 0.3) is 5.13 Å². The summed E-state index contributed by atoms with van der Waals surface area (Å²) in [6.45, 7) is 1.75. The molecule has 9 nitrogen and oxygen atoms in total. The van der Waals surface area contributed by atoms with Gasteiger partial charge < -0.3 is 10.8 Å². The number of azo groups is 1. The lowest BCUT2D eigenvalue weighted by Gasteiger charge is -2.04. The highest BCUT2D eigenvalue weighted by Gasteiger charge is 2.15. The molecule has 0 aliphatic heterocycles.